The van der Waals surface area contributed by atoms with Crippen LogP contribution in [0, 0.1) is 0 Å². The molecule has 1 aromatic rings. The van der Waals surface area contributed by atoms with E-state index in [2.05, 4.69) is 17.0 Å². The van der Waals surface area contributed by atoms with Crippen LogP contribution in [0.4, 0.5) is 0 Å². The van der Waals surface area contributed by atoms with Gasteiger partial charge in [-0.25, -0.2) is 0 Å². The summed E-state index contributed by atoms with van der Waals surface area (Å²) in [7, 11) is 4.09. The summed E-state index contributed by atoms with van der Waals surface area (Å²) in [5.41, 5.74) is 3.60. The van der Waals surface area contributed by atoms with Crippen molar-refractivity contribution < 1.29 is 9.47 Å². The molecule has 0 aromatic heterocycles. The Kier molecular flexibility index (Phi) is 3.59. The first kappa shape index (κ1) is 11.2. The van der Waals surface area contributed by atoms with Crippen LogP contribution in [0.25, 0.3) is 5.70 Å². The molecule has 0 radical (unpaired) electrons. The van der Waals surface area contributed by atoms with Crippen LogP contribution in [0.15, 0.2) is 35.9 Å². The van der Waals surface area contributed by atoms with Crippen molar-refractivity contribution in [1.29, 1.82) is 0 Å². The molecule has 0 saturated carbocycles. The molecular formula is C13H17NO2. The van der Waals surface area contributed by atoms with Gasteiger partial charge in [0.25, 0.3) is 0 Å². The summed E-state index contributed by atoms with van der Waals surface area (Å²) < 4.78 is 10.7. The van der Waals surface area contributed by atoms with Crippen LogP contribution in [0.2, 0.25) is 0 Å². The Balaban J connectivity index is 2.37. The highest BCUT2D eigenvalue weighted by Crippen LogP contribution is 2.22. The first-order valence-electron chi connectivity index (χ1n) is 5.39. The van der Waals surface area contributed by atoms with E-state index in [1.807, 2.05) is 32.3 Å². The summed E-state index contributed by atoms with van der Waals surface area (Å²) in [6.45, 7) is 1.71. The van der Waals surface area contributed by atoms with Gasteiger partial charge in [-0.05, 0) is 5.56 Å². The molecule has 0 spiro atoms. The van der Waals surface area contributed by atoms with E-state index in [1.165, 1.54) is 16.8 Å². The van der Waals surface area contributed by atoms with Crippen LogP contribution in [-0.4, -0.2) is 39.0 Å². The molecule has 1 saturated heterocycles. The summed E-state index contributed by atoms with van der Waals surface area (Å²) in [6, 6.07) is 10.3. The lowest BCUT2D eigenvalue weighted by Crippen LogP contribution is -2.22. The van der Waals surface area contributed by atoms with E-state index in [1.54, 1.807) is 0 Å². The van der Waals surface area contributed by atoms with Crippen molar-refractivity contribution in [3.8, 4) is 0 Å². The predicted molar refractivity (Wildman–Crippen MR) is 63.8 cm³/mol. The topological polar surface area (TPSA) is 21.7 Å². The zero-order valence-corrected chi connectivity index (χ0v) is 9.77. The summed E-state index contributed by atoms with van der Waals surface area (Å²) in [5, 5.41) is 0. The number of nitrogens with zero attached hydrogens (tertiary/aromatic N) is 1. The lowest BCUT2D eigenvalue weighted by atomic mass is 10.1. The van der Waals surface area contributed by atoms with Gasteiger partial charge in [0.15, 0.2) is 0 Å². The average Bonchev–Trinajstić information content (AvgIpc) is 2.31. The van der Waals surface area contributed by atoms with Crippen LogP contribution >= 0.6 is 0 Å². The fourth-order valence-electron chi connectivity index (χ4n) is 1.94. The number of hydrogen-bond acceptors (Lipinski definition) is 3. The maximum absolute atomic E-state index is 5.33. The van der Waals surface area contributed by atoms with Crippen LogP contribution in [0.1, 0.15) is 5.56 Å². The average molecular weight is 219 g/mol. The van der Waals surface area contributed by atoms with Gasteiger partial charge in [0.2, 0.25) is 0 Å². The van der Waals surface area contributed by atoms with E-state index in [0.717, 1.165) is 0 Å². The molecule has 3 heteroatoms. The summed E-state index contributed by atoms with van der Waals surface area (Å²) in [5.74, 6) is 0. The number of ether oxygens (including phenoxy) is 2. The molecule has 0 atom stereocenters. The third-order valence-electron chi connectivity index (χ3n) is 2.55. The SMILES string of the molecule is CN(C)C(=C1COCOC1)c1ccccc1. The van der Waals surface area contributed by atoms with Gasteiger partial charge in [-0.3, -0.25) is 0 Å². The van der Waals surface area contributed by atoms with Crippen LogP contribution < -0.4 is 0 Å². The Morgan fingerprint density at radius 1 is 1.06 bits per heavy atom. The first-order chi connectivity index (χ1) is 7.79. The Hall–Kier alpha value is -1.32. The third-order valence-corrected chi connectivity index (χ3v) is 2.55. The van der Waals surface area contributed by atoms with E-state index in [0.29, 0.717) is 20.0 Å². The molecular weight excluding hydrogens is 202 g/mol. The van der Waals surface area contributed by atoms with Crippen molar-refractivity contribution >= 4 is 5.70 Å². The quantitative estimate of drug-likeness (QED) is 0.759. The zero-order valence-electron chi connectivity index (χ0n) is 9.77. The summed E-state index contributed by atoms with van der Waals surface area (Å²) in [6.07, 6.45) is 0. The number of rotatable bonds is 2. The minimum atomic E-state index is 0.402. The van der Waals surface area contributed by atoms with E-state index in [4.69, 9.17) is 9.47 Å². The van der Waals surface area contributed by atoms with Crippen molar-refractivity contribution in [2.24, 2.45) is 0 Å². The monoisotopic (exact) mass is 219 g/mol. The highest BCUT2D eigenvalue weighted by molar-refractivity contribution is 5.67. The molecule has 1 aromatic carbocycles. The third kappa shape index (κ3) is 2.43. The molecule has 0 unspecified atom stereocenters. The van der Waals surface area contributed by atoms with Gasteiger partial charge >= 0.3 is 0 Å². The Bertz CT molecular complexity index is 363. The molecule has 1 fully saturated rings. The van der Waals surface area contributed by atoms with Gasteiger partial charge in [0.1, 0.15) is 6.79 Å². The van der Waals surface area contributed by atoms with Gasteiger partial charge in [-0.2, -0.15) is 0 Å². The highest BCUT2D eigenvalue weighted by atomic mass is 16.7. The van der Waals surface area contributed by atoms with Crippen molar-refractivity contribution in [2.45, 2.75) is 0 Å². The second-order valence-electron chi connectivity index (χ2n) is 4.03. The van der Waals surface area contributed by atoms with Gasteiger partial charge in [0.05, 0.1) is 13.2 Å². The second-order valence-corrected chi connectivity index (χ2v) is 4.03. The molecule has 0 amide bonds. The molecule has 1 heterocycles. The lowest BCUT2D eigenvalue weighted by molar-refractivity contribution is -0.0691. The van der Waals surface area contributed by atoms with Gasteiger partial charge in [-0.15, -0.1) is 0 Å². The van der Waals surface area contributed by atoms with Gasteiger partial charge < -0.3 is 14.4 Å². The van der Waals surface area contributed by atoms with Crippen LogP contribution in [0.3, 0.4) is 0 Å². The Labute approximate surface area is 96.3 Å². The molecule has 2 rings (SSSR count). The second kappa shape index (κ2) is 5.14. The van der Waals surface area contributed by atoms with Crippen molar-refractivity contribution in [3.63, 3.8) is 0 Å². The predicted octanol–water partition coefficient (Wildman–Crippen LogP) is 1.96. The first-order valence-corrected chi connectivity index (χ1v) is 5.39. The molecule has 0 bridgehead atoms. The number of hydrogen-bond donors (Lipinski definition) is 0. The van der Waals surface area contributed by atoms with E-state index < -0.39 is 0 Å². The Morgan fingerprint density at radius 2 is 1.69 bits per heavy atom. The van der Waals surface area contributed by atoms with Crippen molar-refractivity contribution in [3.05, 3.63) is 41.5 Å². The zero-order chi connectivity index (χ0) is 11.4. The molecule has 3 nitrogen and oxygen atoms in total. The minimum absolute atomic E-state index is 0.402. The van der Waals surface area contributed by atoms with E-state index in [-0.39, 0.29) is 0 Å². The minimum Gasteiger partial charge on any atom is -0.377 e. The van der Waals surface area contributed by atoms with Crippen LogP contribution in [-0.2, 0) is 9.47 Å². The van der Waals surface area contributed by atoms with E-state index in [9.17, 15) is 0 Å². The molecule has 1 aliphatic heterocycles. The normalized spacial score (nSPS) is 16.0. The maximum Gasteiger partial charge on any atom is 0.147 e. The maximum atomic E-state index is 5.33. The molecule has 16 heavy (non-hydrogen) atoms. The largest absolute Gasteiger partial charge is 0.377 e. The Morgan fingerprint density at radius 3 is 2.25 bits per heavy atom. The van der Waals surface area contributed by atoms with Gasteiger partial charge in [-0.1, -0.05) is 30.3 Å². The highest BCUT2D eigenvalue weighted by Gasteiger charge is 2.14. The van der Waals surface area contributed by atoms with Gasteiger partial charge in [0, 0.05) is 25.4 Å². The summed E-state index contributed by atoms with van der Waals surface area (Å²) in [4.78, 5) is 2.11. The lowest BCUT2D eigenvalue weighted by Gasteiger charge is -2.25. The van der Waals surface area contributed by atoms with E-state index >= 15 is 0 Å². The molecule has 0 aliphatic carbocycles. The fourth-order valence-corrected chi connectivity index (χ4v) is 1.94. The fraction of sp³-hybridized carbons (Fsp3) is 0.385. The standard InChI is InChI=1S/C13H17NO2/c1-14(2)13(11-6-4-3-5-7-11)12-8-15-10-16-9-12/h3-7H,8-10H2,1-2H3. The van der Waals surface area contributed by atoms with Crippen molar-refractivity contribution in [1.82, 2.24) is 4.90 Å². The smallest absolute Gasteiger partial charge is 0.147 e. The van der Waals surface area contributed by atoms with Crippen LogP contribution in [0.5, 0.6) is 0 Å². The summed E-state index contributed by atoms with van der Waals surface area (Å²) >= 11 is 0. The molecule has 0 N–H and O–H groups in total. The van der Waals surface area contributed by atoms with Crippen molar-refractivity contribution in [2.75, 3.05) is 34.1 Å². The molecule has 1 aliphatic rings. The number of benzene rings is 1. The molecule has 86 valence electrons.